The predicted molar refractivity (Wildman–Crippen MR) is 397 cm³/mol. The van der Waals surface area contributed by atoms with Gasteiger partial charge in [0.15, 0.2) is 74.2 Å². The maximum Gasteiger partial charge on any atom is 0.177 e. The summed E-state index contributed by atoms with van der Waals surface area (Å²) in [6.07, 6.45) is 1.18. The molecule has 0 fully saturated rings. The summed E-state index contributed by atoms with van der Waals surface area (Å²) >= 11 is 0. The standard InChI is InChI=1S/C20H11N5O.C19H9N5O.C15H9N5O.C15H10N4O2.C14H8N4O/c21-10-16-17(11-22)24-20-18(23-16)14-8-4-5-9-15(14)19(20)25-26-12-13-6-2-1-3-7-13;20-10-15-16(11-21)23-19-17(22-15)13-8-4-5-9-14(13)18(19)24-25-12-6-2-1-3-7-12;1-2-21-20-14-10-6-4-3-5-9(10)13-15(14)19-12(8-17)11(7-16)18-13;1-20-13-4-8-3-10-15(9(8)5-14(13)21-2)19-12(7-17)11(6-16)18-10;1-19-9-3-2-8-4-11-14(10(8)5-9)18-13(7-16)12(6-15)17-11/h1-9H,12H2;1-9H;3-6H,2H2,1H3;4-5H,3H2,1-2H3;2-3,5H,4H2,1H3. The van der Waals surface area contributed by atoms with Crippen LogP contribution in [0.5, 0.6) is 23.0 Å². The van der Waals surface area contributed by atoms with Gasteiger partial charge in [0.2, 0.25) is 0 Å². The summed E-state index contributed by atoms with van der Waals surface area (Å²) in [5, 5.41) is 104. The summed E-state index contributed by atoms with van der Waals surface area (Å²) in [6.45, 7) is 2.57. The first kappa shape index (κ1) is 73.0. The molecule has 12 aromatic rings. The SMILES string of the molecule is CCON=C1c2ccccc2-c2nc(C#N)c(C#N)nc21.COc1cc2c(cc1OC)-c1nc(C#N)c(C#N)nc1C2.COc1ccc2c(c1)-c1nc(C#N)c(C#N)nc1C2.N#Cc1nc2c(nc1C#N)-c1ccccc1C2=NOCc1ccccc1.N#Cc1nc2c(nc1C#N)-c1ccccc1C2=NOc1ccccc1. The van der Waals surface area contributed by atoms with Crippen molar-refractivity contribution in [3.05, 3.63) is 283 Å². The third-order valence-corrected chi connectivity index (χ3v) is 17.3. The molecule has 5 aliphatic carbocycles. The highest BCUT2D eigenvalue weighted by atomic mass is 16.6. The van der Waals surface area contributed by atoms with Crippen molar-refractivity contribution in [2.45, 2.75) is 26.4 Å². The fourth-order valence-electron chi connectivity index (χ4n) is 12.3. The van der Waals surface area contributed by atoms with Crippen LogP contribution in [0.4, 0.5) is 0 Å². The summed E-state index contributed by atoms with van der Waals surface area (Å²) in [7, 11) is 4.73. The first-order chi connectivity index (χ1) is 54.9. The molecule has 530 valence electrons. The molecule has 0 saturated heterocycles. The van der Waals surface area contributed by atoms with Crippen LogP contribution < -0.4 is 19.0 Å². The highest BCUT2D eigenvalue weighted by molar-refractivity contribution is 6.24. The predicted octanol–water partition coefficient (Wildman–Crippen LogP) is 11.8. The molecule has 5 aromatic heterocycles. The van der Waals surface area contributed by atoms with Gasteiger partial charge in [0, 0.05) is 57.3 Å². The van der Waals surface area contributed by atoms with Crippen LogP contribution in [0.3, 0.4) is 0 Å². The Labute approximate surface area is 637 Å². The van der Waals surface area contributed by atoms with Crippen LogP contribution in [0.2, 0.25) is 0 Å². The lowest BCUT2D eigenvalue weighted by Crippen LogP contribution is -2.07. The lowest BCUT2D eigenvalue weighted by Gasteiger charge is -2.09. The number of hydrogen-bond acceptors (Lipinski definition) is 29. The topological polar surface area (TPSA) is 459 Å². The number of fused-ring (bicyclic) bond motifs is 15. The maximum absolute atomic E-state index is 9.23. The number of nitriles is 10. The zero-order valence-electron chi connectivity index (χ0n) is 59.2. The van der Waals surface area contributed by atoms with Crippen molar-refractivity contribution in [1.29, 1.82) is 52.6 Å². The van der Waals surface area contributed by atoms with E-state index in [0.717, 1.165) is 72.6 Å². The molecule has 5 aliphatic rings. The molecule has 0 atom stereocenters. The van der Waals surface area contributed by atoms with E-state index in [1.807, 2.05) is 219 Å². The van der Waals surface area contributed by atoms with E-state index in [1.165, 1.54) is 0 Å². The van der Waals surface area contributed by atoms with E-state index in [4.69, 9.17) is 60.3 Å². The molecule has 29 nitrogen and oxygen atoms in total. The zero-order valence-corrected chi connectivity index (χ0v) is 59.2. The van der Waals surface area contributed by atoms with E-state index in [1.54, 1.807) is 33.5 Å². The Morgan fingerprint density at radius 2 is 0.643 bits per heavy atom. The summed E-state index contributed by atoms with van der Waals surface area (Å²) < 4.78 is 15.8. The number of benzene rings is 7. The minimum Gasteiger partial charge on any atom is -0.497 e. The molecule has 0 unspecified atom stereocenters. The molecule has 0 aliphatic heterocycles. The van der Waals surface area contributed by atoms with Crippen molar-refractivity contribution in [3.63, 3.8) is 0 Å². The summed E-state index contributed by atoms with van der Waals surface area (Å²) in [5.41, 5.74) is 17.2. The van der Waals surface area contributed by atoms with Gasteiger partial charge in [-0.15, -0.1) is 0 Å². The average Bonchev–Trinajstić information content (AvgIpc) is 1.62. The first-order valence-electron chi connectivity index (χ1n) is 33.5. The summed E-state index contributed by atoms with van der Waals surface area (Å²) in [6, 6.07) is 69.9. The van der Waals surface area contributed by atoms with Gasteiger partial charge in [-0.05, 0) is 60.0 Å². The largest absolute Gasteiger partial charge is 0.497 e. The fraction of sp³-hybridized carbons (Fsp3) is 0.0964. The second-order valence-electron chi connectivity index (χ2n) is 23.7. The molecular formula is C83H47N23O6. The normalized spacial score (nSPS) is 12.2. The Kier molecular flexibility index (Phi) is 21.3. The van der Waals surface area contributed by atoms with Gasteiger partial charge in [-0.25, -0.2) is 49.8 Å². The second kappa shape index (κ2) is 32.8. The maximum atomic E-state index is 9.23. The first-order valence-corrected chi connectivity index (χ1v) is 33.5. The summed E-state index contributed by atoms with van der Waals surface area (Å²) in [5.74, 6) is 2.54. The number of aromatic nitrogens is 10. The van der Waals surface area contributed by atoms with Crippen molar-refractivity contribution in [3.8, 4) is 140 Å². The molecule has 0 amide bonds. The van der Waals surface area contributed by atoms with Gasteiger partial charge in [-0.2, -0.15) is 52.6 Å². The van der Waals surface area contributed by atoms with E-state index >= 15 is 0 Å². The Bertz CT molecular complexity index is 6430. The molecule has 0 spiro atoms. The molecule has 0 saturated carbocycles. The lowest BCUT2D eigenvalue weighted by molar-refractivity contribution is 0.131. The van der Waals surface area contributed by atoms with Crippen LogP contribution in [0.25, 0.3) is 56.3 Å². The average molecular weight is 1460 g/mol. The van der Waals surface area contributed by atoms with Crippen molar-refractivity contribution in [2.24, 2.45) is 15.5 Å². The number of ether oxygens (including phenoxy) is 3. The van der Waals surface area contributed by atoms with E-state index in [-0.39, 0.29) is 56.9 Å². The third-order valence-electron chi connectivity index (χ3n) is 17.3. The Hall–Kier alpha value is -17.4. The fourth-order valence-corrected chi connectivity index (χ4v) is 12.3. The Morgan fingerprint density at radius 1 is 0.304 bits per heavy atom. The van der Waals surface area contributed by atoms with E-state index < -0.39 is 0 Å². The molecule has 0 radical (unpaired) electrons. The quantitative estimate of drug-likeness (QED) is 0.115. The van der Waals surface area contributed by atoms with Crippen molar-refractivity contribution in [2.75, 3.05) is 27.9 Å². The van der Waals surface area contributed by atoms with E-state index in [2.05, 4.69) is 65.3 Å². The Balaban J connectivity index is 0.000000123. The number of hydrogen-bond donors (Lipinski definition) is 0. The van der Waals surface area contributed by atoms with E-state index in [9.17, 15) is 21.0 Å². The smallest absolute Gasteiger partial charge is 0.177 e. The molecular weight excluding hydrogens is 1420 g/mol. The van der Waals surface area contributed by atoms with Crippen LogP contribution >= 0.6 is 0 Å². The van der Waals surface area contributed by atoms with Crippen LogP contribution in [-0.4, -0.2) is 94.9 Å². The van der Waals surface area contributed by atoms with Crippen molar-refractivity contribution < 1.29 is 28.7 Å². The molecule has 29 heteroatoms. The highest BCUT2D eigenvalue weighted by Crippen LogP contribution is 2.43. The molecule has 0 N–H and O–H groups in total. The molecule has 7 aromatic carbocycles. The van der Waals surface area contributed by atoms with Gasteiger partial charge < -0.3 is 28.7 Å². The monoisotopic (exact) mass is 1460 g/mol. The van der Waals surface area contributed by atoms with Gasteiger partial charge in [-0.1, -0.05) is 143 Å². The third kappa shape index (κ3) is 14.3. The van der Waals surface area contributed by atoms with E-state index in [0.29, 0.717) is 112 Å². The number of para-hydroxylation sites is 1. The second-order valence-corrected chi connectivity index (χ2v) is 23.7. The molecule has 0 bridgehead atoms. The number of methoxy groups -OCH3 is 3. The van der Waals surface area contributed by atoms with Crippen LogP contribution in [0.15, 0.2) is 179 Å². The van der Waals surface area contributed by atoms with Gasteiger partial charge in [0.25, 0.3) is 0 Å². The number of rotatable bonds is 10. The van der Waals surface area contributed by atoms with Gasteiger partial charge in [0.1, 0.15) is 131 Å². The van der Waals surface area contributed by atoms with Gasteiger partial charge >= 0.3 is 0 Å². The summed E-state index contributed by atoms with van der Waals surface area (Å²) in [4.78, 5) is 58.9. The van der Waals surface area contributed by atoms with Gasteiger partial charge in [-0.3, -0.25) is 0 Å². The van der Waals surface area contributed by atoms with Crippen LogP contribution in [-0.2, 0) is 29.1 Å². The van der Waals surface area contributed by atoms with Crippen molar-refractivity contribution in [1.82, 2.24) is 49.8 Å². The Morgan fingerprint density at radius 3 is 1.04 bits per heavy atom. The lowest BCUT2D eigenvalue weighted by atomic mass is 10.1. The molecule has 112 heavy (non-hydrogen) atoms. The number of oxime groups is 3. The molecule has 5 heterocycles. The van der Waals surface area contributed by atoms with Crippen molar-refractivity contribution >= 4 is 17.1 Å². The minimum absolute atomic E-state index is 0.00119. The zero-order chi connectivity index (χ0) is 78.4. The van der Waals surface area contributed by atoms with Crippen LogP contribution in [0.1, 0.15) is 126 Å². The van der Waals surface area contributed by atoms with Crippen LogP contribution in [0, 0.1) is 113 Å². The molecule has 17 rings (SSSR count). The van der Waals surface area contributed by atoms with Gasteiger partial charge in [0.05, 0.1) is 44.1 Å². The highest BCUT2D eigenvalue weighted by Gasteiger charge is 2.34. The minimum atomic E-state index is -0.0264. The number of nitrogens with zero attached hydrogens (tertiary/aromatic N) is 23.